The first kappa shape index (κ1) is 12.1. The molecule has 4 nitrogen and oxygen atoms in total. The number of carbonyl (C=O) groups is 1. The number of nitrogens with zero attached hydrogens (tertiary/aromatic N) is 1. The second kappa shape index (κ2) is 5.84. The minimum atomic E-state index is -0.573. The normalized spacial score (nSPS) is 23.9. The van der Waals surface area contributed by atoms with Gasteiger partial charge >= 0.3 is 6.03 Å². The van der Waals surface area contributed by atoms with Gasteiger partial charge in [-0.2, -0.15) is 5.10 Å². The van der Waals surface area contributed by atoms with E-state index in [-0.39, 0.29) is 0 Å². The monoisotopic (exact) mass is 235 g/mol. The predicted molar refractivity (Wildman–Crippen MR) is 68.7 cm³/mol. The minimum absolute atomic E-state index is 0.573. The Morgan fingerprint density at radius 1 is 1.00 bits per heavy atom. The molecule has 2 saturated carbocycles. The molecule has 4 heteroatoms. The molecule has 0 aromatic rings. The van der Waals surface area contributed by atoms with Crippen molar-refractivity contribution in [2.24, 2.45) is 10.8 Å². The molecule has 2 aliphatic carbocycles. The van der Waals surface area contributed by atoms with Gasteiger partial charge in [-0.05, 0) is 56.9 Å². The number of nitrogens with one attached hydrogen (secondary N) is 1. The topological polar surface area (TPSA) is 67.5 Å². The van der Waals surface area contributed by atoms with Gasteiger partial charge in [0.1, 0.15) is 0 Å². The highest BCUT2D eigenvalue weighted by Gasteiger charge is 2.19. The molecule has 0 aromatic heterocycles. The summed E-state index contributed by atoms with van der Waals surface area (Å²) in [5.74, 6) is 0. The summed E-state index contributed by atoms with van der Waals surface area (Å²) in [6.45, 7) is 0. The first-order valence-corrected chi connectivity index (χ1v) is 6.60. The summed E-state index contributed by atoms with van der Waals surface area (Å²) >= 11 is 0. The van der Waals surface area contributed by atoms with Crippen molar-refractivity contribution in [2.75, 3.05) is 0 Å². The lowest BCUT2D eigenvalue weighted by Crippen LogP contribution is -2.27. The molecule has 2 amide bonds. The van der Waals surface area contributed by atoms with E-state index in [1.807, 2.05) is 0 Å². The van der Waals surface area contributed by atoms with E-state index < -0.39 is 6.03 Å². The van der Waals surface area contributed by atoms with Gasteiger partial charge in [0.15, 0.2) is 0 Å². The van der Waals surface area contributed by atoms with Crippen LogP contribution in [-0.2, 0) is 0 Å². The molecule has 0 spiro atoms. The molecule has 0 bridgehead atoms. The minimum Gasteiger partial charge on any atom is -0.350 e. The number of hydrogen-bond acceptors (Lipinski definition) is 2. The maximum atomic E-state index is 10.7. The van der Waals surface area contributed by atoms with Crippen molar-refractivity contribution in [3.8, 4) is 0 Å². The highest BCUT2D eigenvalue weighted by atomic mass is 16.2. The number of nitrogens with two attached hydrogens (primary N) is 1. The fraction of sp³-hybridized carbons (Fsp3) is 0.692. The third kappa shape index (κ3) is 3.32. The Balaban J connectivity index is 2.16. The lowest BCUT2D eigenvalue weighted by Gasteiger charge is -2.23. The highest BCUT2D eigenvalue weighted by Crippen LogP contribution is 2.32. The van der Waals surface area contributed by atoms with E-state index in [9.17, 15) is 4.79 Å². The van der Waals surface area contributed by atoms with Gasteiger partial charge in [-0.3, -0.25) is 0 Å². The van der Waals surface area contributed by atoms with Crippen molar-refractivity contribution >= 4 is 11.7 Å². The quantitative estimate of drug-likeness (QED) is 0.674. The maximum Gasteiger partial charge on any atom is 0.332 e. The molecule has 2 aliphatic rings. The van der Waals surface area contributed by atoms with Crippen LogP contribution in [0, 0.1) is 0 Å². The van der Waals surface area contributed by atoms with E-state index in [1.165, 1.54) is 44.1 Å². The number of hydrogen-bond donors (Lipinski definition) is 2. The van der Waals surface area contributed by atoms with Crippen LogP contribution in [0.2, 0.25) is 0 Å². The zero-order chi connectivity index (χ0) is 12.1. The summed E-state index contributed by atoms with van der Waals surface area (Å²) in [6, 6.07) is -0.573. The molecule has 2 fully saturated rings. The third-order valence-electron chi connectivity index (χ3n) is 3.62. The van der Waals surface area contributed by atoms with Crippen LogP contribution in [0.5, 0.6) is 0 Å². The molecule has 0 heterocycles. The van der Waals surface area contributed by atoms with Gasteiger partial charge in [-0.1, -0.05) is 12.0 Å². The zero-order valence-electron chi connectivity index (χ0n) is 10.3. The van der Waals surface area contributed by atoms with Crippen LogP contribution in [0.4, 0.5) is 4.79 Å². The van der Waals surface area contributed by atoms with Crippen molar-refractivity contribution < 1.29 is 4.79 Å². The van der Waals surface area contributed by atoms with E-state index in [4.69, 9.17) is 5.73 Å². The second-order valence-corrected chi connectivity index (χ2v) is 4.88. The molecule has 0 radical (unpaired) electrons. The number of carbonyl (C=O) groups excluding carboxylic acids is 1. The Morgan fingerprint density at radius 2 is 1.65 bits per heavy atom. The molecular weight excluding hydrogens is 214 g/mol. The van der Waals surface area contributed by atoms with Crippen molar-refractivity contribution in [3.05, 3.63) is 11.1 Å². The molecule has 0 atom stereocenters. The van der Waals surface area contributed by atoms with Gasteiger partial charge in [-0.25, -0.2) is 10.2 Å². The van der Waals surface area contributed by atoms with E-state index in [2.05, 4.69) is 10.5 Å². The van der Waals surface area contributed by atoms with Gasteiger partial charge in [0, 0.05) is 0 Å². The number of hydrazone groups is 1. The molecule has 0 saturated heterocycles. The third-order valence-corrected chi connectivity index (χ3v) is 3.62. The van der Waals surface area contributed by atoms with Crippen LogP contribution >= 0.6 is 0 Å². The summed E-state index contributed by atoms with van der Waals surface area (Å²) in [5, 5.41) is 4.17. The molecule has 94 valence electrons. The van der Waals surface area contributed by atoms with Gasteiger partial charge in [0.25, 0.3) is 0 Å². The number of amides is 2. The van der Waals surface area contributed by atoms with E-state index in [0.29, 0.717) is 0 Å². The molecule has 2 rings (SSSR count). The van der Waals surface area contributed by atoms with Crippen LogP contribution in [0.15, 0.2) is 16.2 Å². The Morgan fingerprint density at radius 3 is 2.35 bits per heavy atom. The lowest BCUT2D eigenvalue weighted by atomic mass is 9.83. The van der Waals surface area contributed by atoms with Gasteiger partial charge < -0.3 is 5.73 Å². The van der Waals surface area contributed by atoms with Crippen LogP contribution in [0.25, 0.3) is 0 Å². The molecule has 0 aromatic carbocycles. The smallest absolute Gasteiger partial charge is 0.332 e. The van der Waals surface area contributed by atoms with Gasteiger partial charge in [-0.15, -0.1) is 0 Å². The van der Waals surface area contributed by atoms with E-state index in [1.54, 1.807) is 5.57 Å². The SMILES string of the molecule is NC(=O)N/N=C1\CCCCC1=C1CCCCC1. The molecule has 0 aliphatic heterocycles. The van der Waals surface area contributed by atoms with E-state index in [0.717, 1.165) is 25.0 Å². The molecule has 3 N–H and O–H groups in total. The van der Waals surface area contributed by atoms with Crippen molar-refractivity contribution in [2.45, 2.75) is 57.8 Å². The first-order chi connectivity index (χ1) is 8.27. The highest BCUT2D eigenvalue weighted by molar-refractivity contribution is 6.01. The Hall–Kier alpha value is -1.32. The van der Waals surface area contributed by atoms with Crippen molar-refractivity contribution in [1.82, 2.24) is 5.43 Å². The summed E-state index contributed by atoms with van der Waals surface area (Å²) in [6.07, 6.45) is 10.9. The summed E-state index contributed by atoms with van der Waals surface area (Å²) in [7, 11) is 0. The van der Waals surface area contributed by atoms with E-state index >= 15 is 0 Å². The fourth-order valence-corrected chi connectivity index (χ4v) is 2.80. The second-order valence-electron chi connectivity index (χ2n) is 4.88. The van der Waals surface area contributed by atoms with Crippen molar-refractivity contribution in [1.29, 1.82) is 0 Å². The summed E-state index contributed by atoms with van der Waals surface area (Å²) in [4.78, 5) is 10.7. The van der Waals surface area contributed by atoms with Crippen LogP contribution in [-0.4, -0.2) is 11.7 Å². The standard InChI is InChI=1S/C13H21N3O/c14-13(17)16-15-12-9-5-4-8-11(12)10-6-2-1-3-7-10/h1-9H2,(H3,14,16,17)/b15-12+. The first-order valence-electron chi connectivity index (χ1n) is 6.60. The maximum absolute atomic E-state index is 10.7. The fourth-order valence-electron chi connectivity index (χ4n) is 2.80. The predicted octanol–water partition coefficient (Wildman–Crippen LogP) is 2.85. The molecular formula is C13H21N3O. The van der Waals surface area contributed by atoms with Gasteiger partial charge in [0.2, 0.25) is 0 Å². The zero-order valence-corrected chi connectivity index (χ0v) is 10.3. The van der Waals surface area contributed by atoms with Crippen LogP contribution < -0.4 is 11.2 Å². The van der Waals surface area contributed by atoms with Gasteiger partial charge in [0.05, 0.1) is 5.71 Å². The largest absolute Gasteiger partial charge is 0.350 e. The van der Waals surface area contributed by atoms with Crippen molar-refractivity contribution in [3.63, 3.8) is 0 Å². The average Bonchev–Trinajstić information content (AvgIpc) is 2.38. The average molecular weight is 235 g/mol. The van der Waals surface area contributed by atoms with Crippen LogP contribution in [0.1, 0.15) is 57.8 Å². The van der Waals surface area contributed by atoms with Crippen LogP contribution in [0.3, 0.4) is 0 Å². The lowest BCUT2D eigenvalue weighted by molar-refractivity contribution is 0.249. The Labute approximate surface area is 102 Å². The number of allylic oxidation sites excluding steroid dienone is 2. The summed E-state index contributed by atoms with van der Waals surface area (Å²) < 4.78 is 0. The number of primary amides is 1. The number of urea groups is 1. The summed E-state index contributed by atoms with van der Waals surface area (Å²) in [5.41, 5.74) is 11.5. The number of rotatable bonds is 1. The molecule has 17 heavy (non-hydrogen) atoms. The Kier molecular flexibility index (Phi) is 4.18. The molecule has 0 unspecified atom stereocenters. The Bertz CT molecular complexity index is 350.